The summed E-state index contributed by atoms with van der Waals surface area (Å²) in [5.41, 5.74) is 8.92. The quantitative estimate of drug-likeness (QED) is 0.844. The molecule has 0 aliphatic carbocycles. The first-order chi connectivity index (χ1) is 7.72. The van der Waals surface area contributed by atoms with Gasteiger partial charge in [0.15, 0.2) is 0 Å². The maximum atomic E-state index is 6.23. The third-order valence-electron chi connectivity index (χ3n) is 3.48. The van der Waals surface area contributed by atoms with E-state index in [1.807, 2.05) is 0 Å². The standard InChI is InChI=1S/C14H22N2/c1-3-9-16-10-8-13(15)14(16)12-6-4-11(2)5-7-12/h4-7,13-14H,3,8-10,15H2,1-2H3/t13-,14+/m0/s1. The molecule has 0 radical (unpaired) electrons. The van der Waals surface area contributed by atoms with Gasteiger partial charge in [-0.25, -0.2) is 0 Å². The van der Waals surface area contributed by atoms with Crippen molar-refractivity contribution in [2.75, 3.05) is 13.1 Å². The highest BCUT2D eigenvalue weighted by atomic mass is 15.2. The molecular weight excluding hydrogens is 196 g/mol. The molecule has 1 aliphatic heterocycles. The number of hydrogen-bond donors (Lipinski definition) is 1. The minimum Gasteiger partial charge on any atom is -0.326 e. The lowest BCUT2D eigenvalue weighted by Gasteiger charge is -2.26. The van der Waals surface area contributed by atoms with E-state index in [0.29, 0.717) is 12.1 Å². The van der Waals surface area contributed by atoms with Crippen molar-refractivity contribution in [3.05, 3.63) is 35.4 Å². The van der Waals surface area contributed by atoms with E-state index in [9.17, 15) is 0 Å². The lowest BCUT2D eigenvalue weighted by atomic mass is 9.99. The highest BCUT2D eigenvalue weighted by Gasteiger charge is 2.31. The number of benzene rings is 1. The van der Waals surface area contributed by atoms with Crippen molar-refractivity contribution in [1.82, 2.24) is 4.90 Å². The Bertz CT molecular complexity index is 329. The fourth-order valence-corrected chi connectivity index (χ4v) is 2.64. The fraction of sp³-hybridized carbons (Fsp3) is 0.571. The average Bonchev–Trinajstić information content (AvgIpc) is 2.62. The van der Waals surface area contributed by atoms with Crippen LogP contribution in [0.2, 0.25) is 0 Å². The lowest BCUT2D eigenvalue weighted by Crippen LogP contribution is -2.32. The Hall–Kier alpha value is -0.860. The predicted octanol–water partition coefficient (Wildman–Crippen LogP) is 2.48. The number of likely N-dealkylation sites (tertiary alicyclic amines) is 1. The second-order valence-electron chi connectivity index (χ2n) is 4.84. The molecule has 0 spiro atoms. The molecule has 2 nitrogen and oxygen atoms in total. The van der Waals surface area contributed by atoms with Crippen molar-refractivity contribution in [1.29, 1.82) is 0 Å². The molecule has 0 saturated carbocycles. The SMILES string of the molecule is CCCN1CC[C@H](N)[C@H]1c1ccc(C)cc1. The summed E-state index contributed by atoms with van der Waals surface area (Å²) >= 11 is 0. The van der Waals surface area contributed by atoms with Gasteiger partial charge in [-0.15, -0.1) is 0 Å². The molecule has 2 N–H and O–H groups in total. The molecule has 2 rings (SSSR count). The van der Waals surface area contributed by atoms with Crippen LogP contribution in [0.1, 0.15) is 36.9 Å². The molecule has 2 heteroatoms. The highest BCUT2D eigenvalue weighted by molar-refractivity contribution is 5.26. The monoisotopic (exact) mass is 218 g/mol. The maximum absolute atomic E-state index is 6.23. The van der Waals surface area contributed by atoms with Gasteiger partial charge in [0.1, 0.15) is 0 Å². The number of nitrogens with two attached hydrogens (primary N) is 1. The number of aryl methyl sites for hydroxylation is 1. The van der Waals surface area contributed by atoms with Crippen LogP contribution >= 0.6 is 0 Å². The van der Waals surface area contributed by atoms with Crippen LogP contribution in [-0.2, 0) is 0 Å². The number of nitrogens with zero attached hydrogens (tertiary/aromatic N) is 1. The van der Waals surface area contributed by atoms with Gasteiger partial charge >= 0.3 is 0 Å². The van der Waals surface area contributed by atoms with E-state index in [1.54, 1.807) is 0 Å². The Morgan fingerprint density at radius 3 is 2.62 bits per heavy atom. The zero-order valence-corrected chi connectivity index (χ0v) is 10.3. The maximum Gasteiger partial charge on any atom is 0.0499 e. The van der Waals surface area contributed by atoms with E-state index in [2.05, 4.69) is 43.0 Å². The summed E-state index contributed by atoms with van der Waals surface area (Å²) in [5.74, 6) is 0. The summed E-state index contributed by atoms with van der Waals surface area (Å²) in [5, 5.41) is 0. The van der Waals surface area contributed by atoms with Gasteiger partial charge < -0.3 is 5.73 Å². The summed E-state index contributed by atoms with van der Waals surface area (Å²) in [6, 6.07) is 9.56. The second kappa shape index (κ2) is 4.98. The summed E-state index contributed by atoms with van der Waals surface area (Å²) in [4.78, 5) is 2.52. The zero-order chi connectivity index (χ0) is 11.5. The molecule has 1 fully saturated rings. The van der Waals surface area contributed by atoms with E-state index >= 15 is 0 Å². The normalized spacial score (nSPS) is 26.2. The predicted molar refractivity (Wildman–Crippen MR) is 68.4 cm³/mol. The van der Waals surface area contributed by atoms with E-state index in [4.69, 9.17) is 5.73 Å². The van der Waals surface area contributed by atoms with Crippen molar-refractivity contribution in [2.24, 2.45) is 5.73 Å². The molecular formula is C14H22N2. The van der Waals surface area contributed by atoms with Gasteiger partial charge in [-0.2, -0.15) is 0 Å². The van der Waals surface area contributed by atoms with Crippen LogP contribution in [0.3, 0.4) is 0 Å². The van der Waals surface area contributed by atoms with Gasteiger partial charge in [-0.05, 0) is 31.9 Å². The molecule has 1 saturated heterocycles. The number of hydrogen-bond acceptors (Lipinski definition) is 2. The van der Waals surface area contributed by atoms with E-state index in [1.165, 1.54) is 17.5 Å². The molecule has 0 aromatic heterocycles. The van der Waals surface area contributed by atoms with Crippen LogP contribution in [-0.4, -0.2) is 24.0 Å². The Morgan fingerprint density at radius 1 is 1.31 bits per heavy atom. The van der Waals surface area contributed by atoms with Crippen LogP contribution < -0.4 is 5.73 Å². The summed E-state index contributed by atoms with van der Waals surface area (Å²) in [6.45, 7) is 6.66. The first kappa shape index (κ1) is 11.6. The van der Waals surface area contributed by atoms with Gasteiger partial charge in [0.25, 0.3) is 0 Å². The van der Waals surface area contributed by atoms with E-state index in [0.717, 1.165) is 19.5 Å². The van der Waals surface area contributed by atoms with Crippen molar-refractivity contribution in [2.45, 2.75) is 38.8 Å². The van der Waals surface area contributed by atoms with Crippen molar-refractivity contribution in [3.63, 3.8) is 0 Å². The van der Waals surface area contributed by atoms with Crippen molar-refractivity contribution < 1.29 is 0 Å². The molecule has 88 valence electrons. The molecule has 0 bridgehead atoms. The second-order valence-corrected chi connectivity index (χ2v) is 4.84. The van der Waals surface area contributed by atoms with Crippen LogP contribution in [0, 0.1) is 6.92 Å². The molecule has 2 atom stereocenters. The summed E-state index contributed by atoms with van der Waals surface area (Å²) in [6.07, 6.45) is 2.33. The Morgan fingerprint density at radius 2 is 2.00 bits per heavy atom. The fourth-order valence-electron chi connectivity index (χ4n) is 2.64. The molecule has 0 unspecified atom stereocenters. The average molecular weight is 218 g/mol. The molecule has 1 heterocycles. The minimum atomic E-state index is 0.300. The van der Waals surface area contributed by atoms with Gasteiger partial charge in [0.2, 0.25) is 0 Å². The van der Waals surface area contributed by atoms with Crippen LogP contribution in [0.4, 0.5) is 0 Å². The summed E-state index contributed by atoms with van der Waals surface area (Å²) in [7, 11) is 0. The van der Waals surface area contributed by atoms with Crippen molar-refractivity contribution >= 4 is 0 Å². The molecule has 1 aromatic rings. The van der Waals surface area contributed by atoms with Gasteiger partial charge in [0.05, 0.1) is 0 Å². The van der Waals surface area contributed by atoms with Crippen molar-refractivity contribution in [3.8, 4) is 0 Å². The Kier molecular flexibility index (Phi) is 3.62. The van der Waals surface area contributed by atoms with Crippen LogP contribution in [0.25, 0.3) is 0 Å². The first-order valence-corrected chi connectivity index (χ1v) is 6.28. The topological polar surface area (TPSA) is 29.3 Å². The lowest BCUT2D eigenvalue weighted by molar-refractivity contribution is 0.248. The van der Waals surface area contributed by atoms with Gasteiger partial charge in [-0.3, -0.25) is 4.90 Å². The molecule has 1 aromatic carbocycles. The Balaban J connectivity index is 2.19. The third kappa shape index (κ3) is 2.28. The molecule has 16 heavy (non-hydrogen) atoms. The van der Waals surface area contributed by atoms with Gasteiger partial charge in [0, 0.05) is 18.6 Å². The van der Waals surface area contributed by atoms with E-state index < -0.39 is 0 Å². The minimum absolute atomic E-state index is 0.300. The molecule has 1 aliphatic rings. The zero-order valence-electron chi connectivity index (χ0n) is 10.3. The van der Waals surface area contributed by atoms with Crippen LogP contribution in [0.15, 0.2) is 24.3 Å². The van der Waals surface area contributed by atoms with E-state index in [-0.39, 0.29) is 0 Å². The number of rotatable bonds is 3. The van der Waals surface area contributed by atoms with Gasteiger partial charge in [-0.1, -0.05) is 36.8 Å². The molecule has 0 amide bonds. The third-order valence-corrected chi connectivity index (χ3v) is 3.48. The smallest absolute Gasteiger partial charge is 0.0499 e. The van der Waals surface area contributed by atoms with Crippen LogP contribution in [0.5, 0.6) is 0 Å². The Labute approximate surface area is 98.4 Å². The first-order valence-electron chi connectivity index (χ1n) is 6.28. The summed E-state index contributed by atoms with van der Waals surface area (Å²) < 4.78 is 0. The highest BCUT2D eigenvalue weighted by Crippen LogP contribution is 2.31. The largest absolute Gasteiger partial charge is 0.326 e.